The van der Waals surface area contributed by atoms with Gasteiger partial charge in [0.25, 0.3) is 0 Å². The number of nitrogens with one attached hydrogen (secondary N) is 1. The van der Waals surface area contributed by atoms with Crippen molar-refractivity contribution in [1.82, 2.24) is 10.3 Å². The molecular formula is C16H27N3. The van der Waals surface area contributed by atoms with E-state index in [1.54, 1.807) is 0 Å². The predicted octanol–water partition coefficient (Wildman–Crippen LogP) is 3.38. The standard InChI is InChI=1S/C16H27N3/c1-4-9-17-13(3)15-6-7-16(18-11-15)19-10-8-14(5-2)12-19/h6-7,11,13-14,17H,4-5,8-10,12H2,1-3H3. The Morgan fingerprint density at radius 3 is 2.84 bits per heavy atom. The molecule has 2 atom stereocenters. The summed E-state index contributed by atoms with van der Waals surface area (Å²) in [5, 5.41) is 3.50. The van der Waals surface area contributed by atoms with Crippen LogP contribution in [-0.2, 0) is 0 Å². The summed E-state index contributed by atoms with van der Waals surface area (Å²) in [5.41, 5.74) is 1.28. The van der Waals surface area contributed by atoms with Gasteiger partial charge < -0.3 is 10.2 Å². The van der Waals surface area contributed by atoms with Gasteiger partial charge in [-0.1, -0.05) is 26.3 Å². The van der Waals surface area contributed by atoms with E-state index in [4.69, 9.17) is 0 Å². The number of aromatic nitrogens is 1. The normalized spacial score (nSPS) is 20.8. The second-order valence-corrected chi connectivity index (χ2v) is 5.63. The van der Waals surface area contributed by atoms with Crippen LogP contribution in [0.4, 0.5) is 5.82 Å². The summed E-state index contributed by atoms with van der Waals surface area (Å²) in [6, 6.07) is 4.79. The third-order valence-electron chi connectivity index (χ3n) is 4.16. The van der Waals surface area contributed by atoms with Crippen LogP contribution in [0.1, 0.15) is 51.6 Å². The summed E-state index contributed by atoms with van der Waals surface area (Å²) in [7, 11) is 0. The van der Waals surface area contributed by atoms with Gasteiger partial charge in [0.2, 0.25) is 0 Å². The lowest BCUT2D eigenvalue weighted by atomic mass is 10.1. The molecule has 106 valence electrons. The maximum absolute atomic E-state index is 4.64. The van der Waals surface area contributed by atoms with Crippen LogP contribution in [-0.4, -0.2) is 24.6 Å². The highest BCUT2D eigenvalue weighted by atomic mass is 15.2. The molecule has 0 radical (unpaired) electrons. The molecule has 2 heterocycles. The molecule has 2 rings (SSSR count). The number of anilines is 1. The molecule has 1 aliphatic rings. The van der Waals surface area contributed by atoms with Gasteiger partial charge in [0.1, 0.15) is 5.82 Å². The molecule has 0 aliphatic carbocycles. The van der Waals surface area contributed by atoms with Gasteiger partial charge in [0, 0.05) is 25.3 Å². The van der Waals surface area contributed by atoms with Crippen LogP contribution in [0, 0.1) is 5.92 Å². The predicted molar refractivity (Wildman–Crippen MR) is 81.6 cm³/mol. The van der Waals surface area contributed by atoms with E-state index in [1.165, 1.54) is 31.4 Å². The number of hydrogen-bond donors (Lipinski definition) is 1. The van der Waals surface area contributed by atoms with Crippen LogP contribution < -0.4 is 10.2 Å². The molecule has 1 fully saturated rings. The van der Waals surface area contributed by atoms with Crippen molar-refractivity contribution in [2.24, 2.45) is 5.92 Å². The van der Waals surface area contributed by atoms with Crippen molar-refractivity contribution in [2.75, 3.05) is 24.5 Å². The summed E-state index contributed by atoms with van der Waals surface area (Å²) in [6.45, 7) is 10.1. The minimum atomic E-state index is 0.392. The number of hydrogen-bond acceptors (Lipinski definition) is 3. The van der Waals surface area contributed by atoms with E-state index >= 15 is 0 Å². The fraction of sp³-hybridized carbons (Fsp3) is 0.688. The molecule has 0 spiro atoms. The summed E-state index contributed by atoms with van der Waals surface area (Å²) in [6.07, 6.45) is 5.80. The van der Waals surface area contributed by atoms with Crippen molar-refractivity contribution >= 4 is 5.82 Å². The average molecular weight is 261 g/mol. The zero-order valence-corrected chi connectivity index (χ0v) is 12.5. The van der Waals surface area contributed by atoms with Gasteiger partial charge in [-0.3, -0.25) is 0 Å². The third-order valence-corrected chi connectivity index (χ3v) is 4.16. The van der Waals surface area contributed by atoms with Crippen molar-refractivity contribution in [1.29, 1.82) is 0 Å². The Labute approximate surface area is 117 Å². The first kappa shape index (κ1) is 14.3. The Bertz CT molecular complexity index is 374. The lowest BCUT2D eigenvalue weighted by Crippen LogP contribution is -2.22. The molecule has 0 amide bonds. The van der Waals surface area contributed by atoms with Gasteiger partial charge in [-0.15, -0.1) is 0 Å². The first-order valence-electron chi connectivity index (χ1n) is 7.68. The molecular weight excluding hydrogens is 234 g/mol. The van der Waals surface area contributed by atoms with Gasteiger partial charge >= 0.3 is 0 Å². The van der Waals surface area contributed by atoms with Crippen LogP contribution in [0.3, 0.4) is 0 Å². The van der Waals surface area contributed by atoms with Crippen molar-refractivity contribution in [3.8, 4) is 0 Å². The molecule has 1 aromatic heterocycles. The Hall–Kier alpha value is -1.09. The Morgan fingerprint density at radius 1 is 1.42 bits per heavy atom. The highest BCUT2D eigenvalue weighted by Gasteiger charge is 2.21. The monoisotopic (exact) mass is 261 g/mol. The first-order valence-corrected chi connectivity index (χ1v) is 7.68. The summed E-state index contributed by atoms with van der Waals surface area (Å²) >= 11 is 0. The third kappa shape index (κ3) is 3.69. The van der Waals surface area contributed by atoms with Crippen molar-refractivity contribution in [3.05, 3.63) is 23.9 Å². The largest absolute Gasteiger partial charge is 0.356 e. The molecule has 0 saturated carbocycles. The molecule has 1 aromatic rings. The van der Waals surface area contributed by atoms with E-state index in [9.17, 15) is 0 Å². The molecule has 3 nitrogen and oxygen atoms in total. The van der Waals surface area contributed by atoms with E-state index in [0.29, 0.717) is 6.04 Å². The van der Waals surface area contributed by atoms with Crippen LogP contribution >= 0.6 is 0 Å². The van der Waals surface area contributed by atoms with Crippen LogP contribution in [0.15, 0.2) is 18.3 Å². The second-order valence-electron chi connectivity index (χ2n) is 5.63. The molecule has 1 aliphatic heterocycles. The maximum atomic E-state index is 4.64. The zero-order valence-electron chi connectivity index (χ0n) is 12.5. The molecule has 3 heteroatoms. The molecule has 19 heavy (non-hydrogen) atoms. The lowest BCUT2D eigenvalue weighted by molar-refractivity contribution is 0.567. The number of rotatable bonds is 6. The summed E-state index contributed by atoms with van der Waals surface area (Å²) in [4.78, 5) is 7.06. The minimum absolute atomic E-state index is 0.392. The molecule has 1 saturated heterocycles. The number of nitrogens with zero attached hydrogens (tertiary/aromatic N) is 2. The molecule has 0 bridgehead atoms. The minimum Gasteiger partial charge on any atom is -0.356 e. The van der Waals surface area contributed by atoms with Crippen LogP contribution in [0.25, 0.3) is 0 Å². The van der Waals surface area contributed by atoms with E-state index in [0.717, 1.165) is 24.8 Å². The molecule has 1 N–H and O–H groups in total. The van der Waals surface area contributed by atoms with Gasteiger partial charge in [-0.2, -0.15) is 0 Å². The number of pyridine rings is 1. The van der Waals surface area contributed by atoms with Gasteiger partial charge in [-0.05, 0) is 43.9 Å². The summed E-state index contributed by atoms with van der Waals surface area (Å²) < 4.78 is 0. The second kappa shape index (κ2) is 6.90. The maximum Gasteiger partial charge on any atom is 0.128 e. The SMILES string of the molecule is CCCNC(C)c1ccc(N2CCC(CC)C2)nc1. The smallest absolute Gasteiger partial charge is 0.128 e. The van der Waals surface area contributed by atoms with E-state index in [-0.39, 0.29) is 0 Å². The topological polar surface area (TPSA) is 28.2 Å². The van der Waals surface area contributed by atoms with E-state index in [1.807, 2.05) is 6.20 Å². The fourth-order valence-corrected chi connectivity index (χ4v) is 2.69. The zero-order chi connectivity index (χ0) is 13.7. The molecule has 2 unspecified atom stereocenters. The van der Waals surface area contributed by atoms with Crippen LogP contribution in [0.5, 0.6) is 0 Å². The van der Waals surface area contributed by atoms with Crippen molar-refractivity contribution < 1.29 is 0 Å². The highest BCUT2D eigenvalue weighted by molar-refractivity contribution is 5.41. The first-order chi connectivity index (χ1) is 9.24. The lowest BCUT2D eigenvalue weighted by Gasteiger charge is -2.19. The average Bonchev–Trinajstić information content (AvgIpc) is 2.94. The Balaban J connectivity index is 1.95. The van der Waals surface area contributed by atoms with Crippen molar-refractivity contribution in [3.63, 3.8) is 0 Å². The highest BCUT2D eigenvalue weighted by Crippen LogP contribution is 2.24. The summed E-state index contributed by atoms with van der Waals surface area (Å²) in [5.74, 6) is 1.99. The van der Waals surface area contributed by atoms with Gasteiger partial charge in [0.05, 0.1) is 0 Å². The van der Waals surface area contributed by atoms with Crippen LogP contribution in [0.2, 0.25) is 0 Å². The Morgan fingerprint density at radius 2 is 2.26 bits per heavy atom. The van der Waals surface area contributed by atoms with E-state index < -0.39 is 0 Å². The van der Waals surface area contributed by atoms with Crippen molar-refractivity contribution in [2.45, 2.75) is 46.1 Å². The van der Waals surface area contributed by atoms with E-state index in [2.05, 4.69) is 48.1 Å². The van der Waals surface area contributed by atoms with Gasteiger partial charge in [0.15, 0.2) is 0 Å². The Kier molecular flexibility index (Phi) is 5.20. The van der Waals surface area contributed by atoms with Gasteiger partial charge in [-0.25, -0.2) is 4.98 Å². The molecule has 0 aromatic carbocycles. The quantitative estimate of drug-likeness (QED) is 0.851. The fourth-order valence-electron chi connectivity index (χ4n) is 2.69.